The fourth-order valence-electron chi connectivity index (χ4n) is 1.64. The molecule has 9 heteroatoms. The van der Waals surface area contributed by atoms with Gasteiger partial charge in [-0.25, -0.2) is 20.8 Å². The number of aryl methyl sites for hydroxylation is 1. The van der Waals surface area contributed by atoms with Gasteiger partial charge in [-0.2, -0.15) is 10.2 Å². The van der Waals surface area contributed by atoms with E-state index in [0.717, 1.165) is 5.56 Å². The van der Waals surface area contributed by atoms with Crippen LogP contribution >= 0.6 is 0 Å². The molecule has 0 aliphatic heterocycles. The highest BCUT2D eigenvalue weighted by Crippen LogP contribution is 2.21. The summed E-state index contributed by atoms with van der Waals surface area (Å²) in [5, 5.41) is 10.6. The molecule has 9 nitrogen and oxygen atoms in total. The van der Waals surface area contributed by atoms with E-state index in [2.05, 4.69) is 35.7 Å². The second kappa shape index (κ2) is 4.46. The first-order chi connectivity index (χ1) is 9.26. The number of hydrazine groups is 1. The van der Waals surface area contributed by atoms with Gasteiger partial charge in [-0.3, -0.25) is 9.78 Å². The van der Waals surface area contributed by atoms with E-state index in [1.165, 1.54) is 6.33 Å². The zero-order valence-electron chi connectivity index (χ0n) is 10.1. The second-order valence-electron chi connectivity index (χ2n) is 3.84. The van der Waals surface area contributed by atoms with Crippen molar-refractivity contribution in [2.24, 2.45) is 12.9 Å². The van der Waals surface area contributed by atoms with E-state index in [4.69, 9.17) is 5.84 Å². The highest BCUT2D eigenvalue weighted by molar-refractivity contribution is 5.64. The fraction of sp³-hybridized carbons (Fsp3) is 0.100. The summed E-state index contributed by atoms with van der Waals surface area (Å²) in [7, 11) is 1.84. The van der Waals surface area contributed by atoms with Gasteiger partial charge in [-0.1, -0.05) is 0 Å². The predicted octanol–water partition coefficient (Wildman–Crippen LogP) is -0.0522. The number of anilines is 1. The summed E-state index contributed by atoms with van der Waals surface area (Å²) < 4.78 is 1.70. The van der Waals surface area contributed by atoms with E-state index < -0.39 is 0 Å². The minimum Gasteiger partial charge on any atom is -0.308 e. The Balaban J connectivity index is 2.12. The lowest BCUT2D eigenvalue weighted by Crippen LogP contribution is -2.10. The molecule has 3 aromatic heterocycles. The molecule has 3 rings (SSSR count). The molecule has 0 radical (unpaired) electrons. The third kappa shape index (κ3) is 2.13. The van der Waals surface area contributed by atoms with Crippen LogP contribution in [0.15, 0.2) is 24.8 Å². The van der Waals surface area contributed by atoms with Gasteiger partial charge in [0.2, 0.25) is 0 Å². The van der Waals surface area contributed by atoms with Gasteiger partial charge in [0.1, 0.15) is 12.1 Å². The van der Waals surface area contributed by atoms with Gasteiger partial charge in [0.15, 0.2) is 11.6 Å². The van der Waals surface area contributed by atoms with Crippen LogP contribution in [0.4, 0.5) is 5.82 Å². The Morgan fingerprint density at radius 3 is 2.89 bits per heavy atom. The van der Waals surface area contributed by atoms with Crippen LogP contribution in [0.25, 0.3) is 22.9 Å². The van der Waals surface area contributed by atoms with Gasteiger partial charge in [-0.15, -0.1) is 0 Å². The Morgan fingerprint density at radius 2 is 2.26 bits per heavy atom. The summed E-state index contributed by atoms with van der Waals surface area (Å²) in [6, 6.07) is 1.73. The maximum atomic E-state index is 5.42. The average Bonchev–Trinajstić information content (AvgIpc) is 3.09. The summed E-state index contributed by atoms with van der Waals surface area (Å²) in [5.74, 6) is 6.79. The highest BCUT2D eigenvalue weighted by Gasteiger charge is 2.11. The first kappa shape index (κ1) is 11.3. The number of rotatable bonds is 3. The molecule has 0 fully saturated rings. The average molecular weight is 257 g/mol. The van der Waals surface area contributed by atoms with Crippen molar-refractivity contribution >= 4 is 5.82 Å². The Hall–Kier alpha value is -2.81. The Kier molecular flexibility index (Phi) is 2.65. The Bertz CT molecular complexity index is 685. The molecule has 0 aliphatic rings. The van der Waals surface area contributed by atoms with Crippen molar-refractivity contribution in [1.82, 2.24) is 34.9 Å². The molecule has 0 bridgehead atoms. The van der Waals surface area contributed by atoms with Crippen LogP contribution in [0.3, 0.4) is 0 Å². The lowest BCUT2D eigenvalue weighted by molar-refractivity contribution is 0.768. The smallest absolute Gasteiger partial charge is 0.199 e. The molecule has 0 saturated heterocycles. The van der Waals surface area contributed by atoms with E-state index in [-0.39, 0.29) is 0 Å². The third-order valence-corrected chi connectivity index (χ3v) is 2.50. The summed E-state index contributed by atoms with van der Waals surface area (Å²) in [5.41, 5.74) is 4.07. The van der Waals surface area contributed by atoms with Gasteiger partial charge in [0.25, 0.3) is 0 Å². The molecule has 3 aromatic rings. The molecule has 0 amide bonds. The summed E-state index contributed by atoms with van der Waals surface area (Å²) in [6.07, 6.45) is 4.96. The number of nitrogens with zero attached hydrogens (tertiary/aromatic N) is 6. The molecule has 0 unspecified atom stereocenters. The zero-order valence-corrected chi connectivity index (χ0v) is 10.1. The number of hydrogen-bond acceptors (Lipinski definition) is 7. The SMILES string of the molecule is Cn1cc(-c2cc(NN)nc(-c3ncn[nH]3)n2)cn1. The molecular formula is C10H11N9. The summed E-state index contributed by atoms with van der Waals surface area (Å²) in [4.78, 5) is 12.7. The molecule has 3 heterocycles. The maximum Gasteiger partial charge on any atom is 0.199 e. The quantitative estimate of drug-likeness (QED) is 0.444. The molecule has 96 valence electrons. The summed E-state index contributed by atoms with van der Waals surface area (Å²) >= 11 is 0. The molecule has 4 N–H and O–H groups in total. The lowest BCUT2D eigenvalue weighted by Gasteiger charge is -2.04. The number of aromatic amines is 1. The third-order valence-electron chi connectivity index (χ3n) is 2.50. The molecular weight excluding hydrogens is 246 g/mol. The lowest BCUT2D eigenvalue weighted by atomic mass is 10.2. The standard InChI is InChI=1S/C10H11N9/c1-19-4-6(3-14-19)7-2-8(17-11)16-10(15-7)9-12-5-13-18-9/h2-5H,11H2,1H3,(H,12,13,18)(H,15,16,17). The summed E-state index contributed by atoms with van der Waals surface area (Å²) in [6.45, 7) is 0. The van der Waals surface area contributed by atoms with Gasteiger partial charge >= 0.3 is 0 Å². The van der Waals surface area contributed by atoms with Crippen molar-refractivity contribution in [2.75, 3.05) is 5.43 Å². The molecule has 0 aliphatic carbocycles. The largest absolute Gasteiger partial charge is 0.308 e. The van der Waals surface area contributed by atoms with Crippen molar-refractivity contribution < 1.29 is 0 Å². The van der Waals surface area contributed by atoms with E-state index >= 15 is 0 Å². The molecule has 0 atom stereocenters. The van der Waals surface area contributed by atoms with Crippen LogP contribution in [0.5, 0.6) is 0 Å². The number of H-pyrrole nitrogens is 1. The second-order valence-corrected chi connectivity index (χ2v) is 3.84. The monoisotopic (exact) mass is 257 g/mol. The van der Waals surface area contributed by atoms with Gasteiger partial charge in [0, 0.05) is 24.9 Å². The number of hydrogen-bond donors (Lipinski definition) is 3. The van der Waals surface area contributed by atoms with Crippen LogP contribution in [-0.2, 0) is 7.05 Å². The van der Waals surface area contributed by atoms with Gasteiger partial charge < -0.3 is 5.43 Å². The van der Waals surface area contributed by atoms with Crippen molar-refractivity contribution in [1.29, 1.82) is 0 Å². The minimum absolute atomic E-state index is 0.409. The molecule has 0 aromatic carbocycles. The van der Waals surface area contributed by atoms with Crippen LogP contribution < -0.4 is 11.3 Å². The van der Waals surface area contributed by atoms with Crippen LogP contribution in [-0.4, -0.2) is 34.9 Å². The predicted molar refractivity (Wildman–Crippen MR) is 67.4 cm³/mol. The van der Waals surface area contributed by atoms with Crippen LogP contribution in [0.1, 0.15) is 0 Å². The first-order valence-corrected chi connectivity index (χ1v) is 5.47. The Morgan fingerprint density at radius 1 is 1.37 bits per heavy atom. The fourth-order valence-corrected chi connectivity index (χ4v) is 1.64. The van der Waals surface area contributed by atoms with Crippen molar-refractivity contribution in [3.8, 4) is 22.9 Å². The van der Waals surface area contributed by atoms with Crippen molar-refractivity contribution in [3.63, 3.8) is 0 Å². The van der Waals surface area contributed by atoms with Crippen molar-refractivity contribution in [2.45, 2.75) is 0 Å². The van der Waals surface area contributed by atoms with E-state index in [1.807, 2.05) is 13.2 Å². The zero-order chi connectivity index (χ0) is 13.2. The van der Waals surface area contributed by atoms with Crippen LogP contribution in [0, 0.1) is 0 Å². The number of nitrogens with one attached hydrogen (secondary N) is 2. The van der Waals surface area contributed by atoms with Gasteiger partial charge in [-0.05, 0) is 0 Å². The van der Waals surface area contributed by atoms with E-state index in [0.29, 0.717) is 23.2 Å². The van der Waals surface area contributed by atoms with E-state index in [1.54, 1.807) is 16.9 Å². The number of aromatic nitrogens is 7. The van der Waals surface area contributed by atoms with Crippen LogP contribution in [0.2, 0.25) is 0 Å². The topological polar surface area (TPSA) is 123 Å². The normalized spacial score (nSPS) is 10.6. The molecule has 19 heavy (non-hydrogen) atoms. The number of nitrogens with two attached hydrogens (primary N) is 1. The van der Waals surface area contributed by atoms with Crippen molar-refractivity contribution in [3.05, 3.63) is 24.8 Å². The minimum atomic E-state index is 0.409. The molecule has 0 spiro atoms. The Labute approximate surface area is 107 Å². The maximum absolute atomic E-state index is 5.42. The number of nitrogen functional groups attached to an aromatic ring is 1. The highest BCUT2D eigenvalue weighted by atomic mass is 15.3. The van der Waals surface area contributed by atoms with Gasteiger partial charge in [0.05, 0.1) is 11.9 Å². The van der Waals surface area contributed by atoms with E-state index in [9.17, 15) is 0 Å². The first-order valence-electron chi connectivity index (χ1n) is 5.47. The molecule has 0 saturated carbocycles.